The van der Waals surface area contributed by atoms with Gasteiger partial charge in [0, 0.05) is 0 Å². The molecule has 0 aliphatic carbocycles. The number of rotatable bonds is 6. The Morgan fingerprint density at radius 1 is 1.14 bits per heavy atom. The highest BCUT2D eigenvalue weighted by Crippen LogP contribution is 2.35. The molecule has 3 nitrogen and oxygen atoms in total. The second-order valence-corrected chi connectivity index (χ2v) is 6.88. The molecule has 3 heteroatoms. The minimum atomic E-state index is -0.697. The fourth-order valence-electron chi connectivity index (χ4n) is 2.42. The number of aliphatic hydroxyl groups excluding tert-OH is 2. The summed E-state index contributed by atoms with van der Waals surface area (Å²) in [5.74, 6) is 1.11. The molecule has 21 heavy (non-hydrogen) atoms. The zero-order valence-corrected chi connectivity index (χ0v) is 14.2. The molecule has 0 radical (unpaired) electrons. The van der Waals surface area contributed by atoms with Crippen molar-refractivity contribution >= 4 is 0 Å². The monoisotopic (exact) mass is 294 g/mol. The molecule has 0 aliphatic heterocycles. The SMILES string of the molecule is CCOc1ccc(C(C)CC(O)C(C)O)cc1C(C)(C)C. The molecule has 1 aromatic carbocycles. The standard InChI is InChI=1S/C18H30O3/c1-7-21-17-9-8-14(11-15(17)18(4,5)6)12(2)10-16(20)13(3)19/h8-9,11-13,16,19-20H,7,10H2,1-6H3. The molecular weight excluding hydrogens is 264 g/mol. The summed E-state index contributed by atoms with van der Waals surface area (Å²) in [7, 11) is 0. The van der Waals surface area contributed by atoms with Gasteiger partial charge in [-0.2, -0.15) is 0 Å². The van der Waals surface area contributed by atoms with Crippen LogP contribution < -0.4 is 4.74 Å². The molecule has 3 atom stereocenters. The van der Waals surface area contributed by atoms with E-state index >= 15 is 0 Å². The summed E-state index contributed by atoms with van der Waals surface area (Å²) >= 11 is 0. The highest BCUT2D eigenvalue weighted by molar-refractivity contribution is 5.42. The van der Waals surface area contributed by atoms with Crippen LogP contribution in [0.4, 0.5) is 0 Å². The van der Waals surface area contributed by atoms with Crippen molar-refractivity contribution in [2.24, 2.45) is 0 Å². The van der Waals surface area contributed by atoms with Gasteiger partial charge in [0.1, 0.15) is 5.75 Å². The van der Waals surface area contributed by atoms with E-state index in [1.54, 1.807) is 6.92 Å². The zero-order chi connectivity index (χ0) is 16.2. The number of hydrogen-bond donors (Lipinski definition) is 2. The second kappa shape index (κ2) is 7.28. The summed E-state index contributed by atoms with van der Waals surface area (Å²) < 4.78 is 5.73. The van der Waals surface area contributed by atoms with Crippen molar-refractivity contribution in [2.45, 2.75) is 71.5 Å². The first kappa shape index (κ1) is 18.0. The van der Waals surface area contributed by atoms with Gasteiger partial charge in [0.15, 0.2) is 0 Å². The van der Waals surface area contributed by atoms with Gasteiger partial charge in [0.2, 0.25) is 0 Å². The highest BCUT2D eigenvalue weighted by Gasteiger charge is 2.22. The summed E-state index contributed by atoms with van der Waals surface area (Å²) in [6, 6.07) is 6.24. The molecular formula is C18H30O3. The zero-order valence-electron chi connectivity index (χ0n) is 14.2. The van der Waals surface area contributed by atoms with Gasteiger partial charge in [-0.25, -0.2) is 0 Å². The molecule has 0 aromatic heterocycles. The van der Waals surface area contributed by atoms with E-state index in [0.717, 1.165) is 5.75 Å². The van der Waals surface area contributed by atoms with Crippen LogP contribution in [-0.4, -0.2) is 29.0 Å². The Hall–Kier alpha value is -1.06. The summed E-state index contributed by atoms with van der Waals surface area (Å²) in [4.78, 5) is 0. The van der Waals surface area contributed by atoms with Crippen LogP contribution in [0.1, 0.15) is 65.0 Å². The van der Waals surface area contributed by atoms with E-state index in [4.69, 9.17) is 4.74 Å². The Bertz CT molecular complexity index is 446. The first-order valence-electron chi connectivity index (χ1n) is 7.80. The average molecular weight is 294 g/mol. The number of ether oxygens (including phenoxy) is 1. The van der Waals surface area contributed by atoms with Crippen LogP contribution in [-0.2, 0) is 5.41 Å². The van der Waals surface area contributed by atoms with Crippen molar-refractivity contribution in [3.8, 4) is 5.75 Å². The minimum absolute atomic E-state index is 0.00309. The van der Waals surface area contributed by atoms with Gasteiger partial charge in [-0.3, -0.25) is 0 Å². The summed E-state index contributed by atoms with van der Waals surface area (Å²) in [6.45, 7) is 12.8. The second-order valence-electron chi connectivity index (χ2n) is 6.88. The normalized spacial score (nSPS) is 16.4. The van der Waals surface area contributed by atoms with E-state index in [-0.39, 0.29) is 11.3 Å². The van der Waals surface area contributed by atoms with Crippen LogP contribution in [0.5, 0.6) is 5.75 Å². The lowest BCUT2D eigenvalue weighted by Gasteiger charge is -2.25. The number of hydrogen-bond acceptors (Lipinski definition) is 3. The molecule has 0 aliphatic rings. The summed E-state index contributed by atoms with van der Waals surface area (Å²) in [5.41, 5.74) is 2.35. The maximum absolute atomic E-state index is 9.85. The van der Waals surface area contributed by atoms with Gasteiger partial charge in [-0.05, 0) is 48.8 Å². The van der Waals surface area contributed by atoms with E-state index in [1.165, 1.54) is 11.1 Å². The third-order valence-electron chi connectivity index (χ3n) is 3.83. The predicted molar refractivity (Wildman–Crippen MR) is 87.0 cm³/mol. The molecule has 0 heterocycles. The van der Waals surface area contributed by atoms with Gasteiger partial charge < -0.3 is 14.9 Å². The van der Waals surface area contributed by atoms with E-state index < -0.39 is 12.2 Å². The average Bonchev–Trinajstić information content (AvgIpc) is 2.37. The van der Waals surface area contributed by atoms with Crippen LogP contribution in [0.15, 0.2) is 18.2 Å². The Kier molecular flexibility index (Phi) is 6.24. The van der Waals surface area contributed by atoms with Gasteiger partial charge in [0.25, 0.3) is 0 Å². The van der Waals surface area contributed by atoms with Crippen molar-refractivity contribution in [2.75, 3.05) is 6.61 Å². The Balaban J connectivity index is 3.04. The lowest BCUT2D eigenvalue weighted by atomic mass is 9.83. The van der Waals surface area contributed by atoms with Crippen LogP contribution >= 0.6 is 0 Å². The Labute approximate surface area is 129 Å². The quantitative estimate of drug-likeness (QED) is 0.842. The minimum Gasteiger partial charge on any atom is -0.494 e. The van der Waals surface area contributed by atoms with Crippen LogP contribution in [0.2, 0.25) is 0 Å². The van der Waals surface area contributed by atoms with Crippen LogP contribution in [0.3, 0.4) is 0 Å². The molecule has 0 amide bonds. The van der Waals surface area contributed by atoms with Crippen molar-refractivity contribution in [1.29, 1.82) is 0 Å². The van der Waals surface area contributed by atoms with Crippen molar-refractivity contribution in [1.82, 2.24) is 0 Å². The molecule has 1 rings (SSSR count). The fourth-order valence-corrected chi connectivity index (χ4v) is 2.42. The number of benzene rings is 1. The van der Waals surface area contributed by atoms with Gasteiger partial charge in [0.05, 0.1) is 18.8 Å². The molecule has 120 valence electrons. The Morgan fingerprint density at radius 2 is 1.76 bits per heavy atom. The molecule has 1 aromatic rings. The van der Waals surface area contributed by atoms with E-state index in [1.807, 2.05) is 13.0 Å². The third kappa shape index (κ3) is 5.01. The molecule has 0 spiro atoms. The smallest absolute Gasteiger partial charge is 0.123 e. The molecule has 2 N–H and O–H groups in total. The maximum atomic E-state index is 9.85. The molecule has 0 saturated heterocycles. The summed E-state index contributed by atoms with van der Waals surface area (Å²) in [6.07, 6.45) is -0.836. The first-order valence-corrected chi connectivity index (χ1v) is 7.80. The van der Waals surface area contributed by atoms with Crippen molar-refractivity contribution in [3.63, 3.8) is 0 Å². The summed E-state index contributed by atoms with van der Waals surface area (Å²) in [5, 5.41) is 19.3. The first-order chi connectivity index (χ1) is 9.66. The Morgan fingerprint density at radius 3 is 2.24 bits per heavy atom. The van der Waals surface area contributed by atoms with E-state index in [2.05, 4.69) is 39.8 Å². The van der Waals surface area contributed by atoms with Crippen molar-refractivity contribution < 1.29 is 14.9 Å². The lowest BCUT2D eigenvalue weighted by molar-refractivity contribution is 0.0227. The third-order valence-corrected chi connectivity index (χ3v) is 3.83. The topological polar surface area (TPSA) is 49.7 Å². The predicted octanol–water partition coefficient (Wildman–Crippen LogP) is 3.62. The van der Waals surface area contributed by atoms with E-state index in [0.29, 0.717) is 13.0 Å². The maximum Gasteiger partial charge on any atom is 0.123 e. The fraction of sp³-hybridized carbons (Fsp3) is 0.667. The van der Waals surface area contributed by atoms with Crippen LogP contribution in [0.25, 0.3) is 0 Å². The van der Waals surface area contributed by atoms with Crippen LogP contribution in [0, 0.1) is 0 Å². The van der Waals surface area contributed by atoms with Gasteiger partial charge in [-0.15, -0.1) is 0 Å². The molecule has 0 saturated carbocycles. The highest BCUT2D eigenvalue weighted by atomic mass is 16.5. The lowest BCUT2D eigenvalue weighted by Crippen LogP contribution is -2.24. The number of aliphatic hydroxyl groups is 2. The molecule has 3 unspecified atom stereocenters. The largest absolute Gasteiger partial charge is 0.494 e. The van der Waals surface area contributed by atoms with Gasteiger partial charge >= 0.3 is 0 Å². The van der Waals surface area contributed by atoms with E-state index in [9.17, 15) is 10.2 Å². The van der Waals surface area contributed by atoms with Gasteiger partial charge in [-0.1, -0.05) is 39.8 Å². The molecule has 0 bridgehead atoms. The molecule has 0 fully saturated rings. The van der Waals surface area contributed by atoms with Crippen molar-refractivity contribution in [3.05, 3.63) is 29.3 Å².